The average Bonchev–Trinajstić information content (AvgIpc) is 2.85. The Kier molecular flexibility index (Phi) is 4.38. The zero-order chi connectivity index (χ0) is 20.9. The molecule has 1 unspecified atom stereocenters. The molecule has 1 aromatic heterocycles. The molecule has 0 fully saturated rings. The lowest BCUT2D eigenvalue weighted by Gasteiger charge is -2.16. The number of alkyl halides is 5. The van der Waals surface area contributed by atoms with Crippen LogP contribution in [0.2, 0.25) is 0 Å². The highest BCUT2D eigenvalue weighted by molar-refractivity contribution is 7.93. The number of ketones is 1. The first kappa shape index (κ1) is 19.7. The van der Waals surface area contributed by atoms with Crippen molar-refractivity contribution in [2.75, 3.05) is 0 Å². The molecular formula is C16H8F5N3O3S. The van der Waals surface area contributed by atoms with Crippen molar-refractivity contribution in [3.8, 4) is 17.6 Å². The number of rotatable bonds is 3. The Hall–Kier alpha value is -3.07. The van der Waals surface area contributed by atoms with E-state index in [-0.39, 0.29) is 11.3 Å². The molecule has 2 aromatic rings. The van der Waals surface area contributed by atoms with Gasteiger partial charge in [-0.3, -0.25) is 9.78 Å². The summed E-state index contributed by atoms with van der Waals surface area (Å²) in [4.78, 5) is 14.3. The lowest BCUT2D eigenvalue weighted by molar-refractivity contribution is -0.0407. The number of carbonyl (C=O) groups excluding carboxylic acids is 1. The second-order valence-corrected chi connectivity index (χ2v) is 7.77. The van der Waals surface area contributed by atoms with E-state index in [2.05, 4.69) is 4.98 Å². The molecule has 0 saturated heterocycles. The maximum atomic E-state index is 13.9. The van der Waals surface area contributed by atoms with Gasteiger partial charge < -0.3 is 4.74 Å². The van der Waals surface area contributed by atoms with Crippen molar-refractivity contribution >= 4 is 15.5 Å². The number of nitrogens with one attached hydrogen (secondary N) is 1. The smallest absolute Gasteiger partial charge is 0.455 e. The van der Waals surface area contributed by atoms with Gasteiger partial charge >= 0.3 is 11.4 Å². The SMILES string of the molecule is N#Cc1cncc(Oc2ccc(S(=N)(=O)C(F)(F)F)c3c2CC(F)(F)C3=O)c1. The van der Waals surface area contributed by atoms with E-state index in [4.69, 9.17) is 14.8 Å². The third-order valence-electron chi connectivity index (χ3n) is 3.90. The first-order chi connectivity index (χ1) is 12.9. The third kappa shape index (κ3) is 3.07. The van der Waals surface area contributed by atoms with Gasteiger partial charge in [0.2, 0.25) is 5.78 Å². The third-order valence-corrected chi connectivity index (χ3v) is 5.51. The van der Waals surface area contributed by atoms with Gasteiger partial charge in [-0.25, -0.2) is 8.99 Å². The summed E-state index contributed by atoms with van der Waals surface area (Å²) >= 11 is 0. The van der Waals surface area contributed by atoms with Crippen LogP contribution in [-0.4, -0.2) is 26.4 Å². The van der Waals surface area contributed by atoms with Crippen LogP contribution in [0.25, 0.3) is 0 Å². The molecule has 0 saturated carbocycles. The van der Waals surface area contributed by atoms with Crippen LogP contribution in [0.5, 0.6) is 11.5 Å². The number of hydrogen-bond donors (Lipinski definition) is 1. The number of fused-ring (bicyclic) bond motifs is 1. The number of nitrogens with zero attached hydrogens (tertiary/aromatic N) is 2. The van der Waals surface area contributed by atoms with Crippen molar-refractivity contribution in [1.29, 1.82) is 10.0 Å². The minimum atomic E-state index is -5.56. The molecule has 1 aromatic carbocycles. The number of aromatic nitrogens is 1. The summed E-state index contributed by atoms with van der Waals surface area (Å²) in [6.07, 6.45) is 1.04. The molecule has 1 N–H and O–H groups in total. The van der Waals surface area contributed by atoms with E-state index in [1.807, 2.05) is 0 Å². The van der Waals surface area contributed by atoms with E-state index in [9.17, 15) is 31.0 Å². The maximum absolute atomic E-state index is 13.9. The number of halogens is 5. The lowest BCUT2D eigenvalue weighted by atomic mass is 10.1. The molecule has 0 aliphatic heterocycles. The number of benzene rings is 1. The van der Waals surface area contributed by atoms with Gasteiger partial charge in [-0.2, -0.15) is 27.2 Å². The highest BCUT2D eigenvalue weighted by Crippen LogP contribution is 2.45. The molecular weight excluding hydrogens is 409 g/mol. The normalized spacial score (nSPS) is 17.5. The fraction of sp³-hybridized carbons (Fsp3) is 0.188. The number of nitriles is 1. The molecule has 12 heteroatoms. The van der Waals surface area contributed by atoms with Gasteiger partial charge in [0.25, 0.3) is 0 Å². The lowest BCUT2D eigenvalue weighted by Crippen LogP contribution is -2.27. The largest absolute Gasteiger partial charge is 0.483 e. The highest BCUT2D eigenvalue weighted by Gasteiger charge is 2.53. The summed E-state index contributed by atoms with van der Waals surface area (Å²) < 4.78 is 91.3. The van der Waals surface area contributed by atoms with E-state index in [1.54, 1.807) is 6.07 Å². The van der Waals surface area contributed by atoms with Crippen LogP contribution in [0.4, 0.5) is 22.0 Å². The molecule has 0 bridgehead atoms. The molecule has 1 aliphatic rings. The van der Waals surface area contributed by atoms with E-state index < -0.39 is 55.1 Å². The monoisotopic (exact) mass is 417 g/mol. The summed E-state index contributed by atoms with van der Waals surface area (Å²) in [5.74, 6) is -6.47. The van der Waals surface area contributed by atoms with E-state index >= 15 is 0 Å². The molecule has 3 rings (SSSR count). The van der Waals surface area contributed by atoms with Crippen LogP contribution >= 0.6 is 0 Å². The van der Waals surface area contributed by atoms with Gasteiger partial charge in [0, 0.05) is 29.8 Å². The second-order valence-electron chi connectivity index (χ2n) is 5.75. The van der Waals surface area contributed by atoms with Crippen LogP contribution in [0.1, 0.15) is 21.5 Å². The number of ether oxygens (including phenoxy) is 1. The first-order valence-corrected chi connectivity index (χ1v) is 8.91. The number of pyridine rings is 1. The Morgan fingerprint density at radius 2 is 1.96 bits per heavy atom. The van der Waals surface area contributed by atoms with E-state index in [0.29, 0.717) is 6.07 Å². The summed E-state index contributed by atoms with van der Waals surface area (Å²) in [7, 11) is -5.55. The van der Waals surface area contributed by atoms with Crippen molar-refractivity contribution in [1.82, 2.24) is 4.98 Å². The minimum Gasteiger partial charge on any atom is -0.455 e. The Balaban J connectivity index is 2.19. The molecule has 1 aliphatic carbocycles. The van der Waals surface area contributed by atoms with Gasteiger partial charge in [0.15, 0.2) is 9.73 Å². The van der Waals surface area contributed by atoms with Crippen molar-refractivity contribution in [3.05, 3.63) is 47.3 Å². The second kappa shape index (κ2) is 6.23. The fourth-order valence-electron chi connectivity index (χ4n) is 2.64. The van der Waals surface area contributed by atoms with Crippen LogP contribution in [0.15, 0.2) is 35.5 Å². The summed E-state index contributed by atoms with van der Waals surface area (Å²) in [5, 5.41) is 8.84. The predicted octanol–water partition coefficient (Wildman–Crippen LogP) is 4.05. The molecule has 1 atom stereocenters. The number of carbonyl (C=O) groups is 1. The van der Waals surface area contributed by atoms with Gasteiger partial charge in [-0.15, -0.1) is 0 Å². The summed E-state index contributed by atoms with van der Waals surface area (Å²) in [5.41, 5.74) is -7.23. The van der Waals surface area contributed by atoms with Crippen molar-refractivity contribution in [3.63, 3.8) is 0 Å². The summed E-state index contributed by atoms with van der Waals surface area (Å²) in [6, 6.07) is 4.30. The zero-order valence-corrected chi connectivity index (χ0v) is 14.3. The van der Waals surface area contributed by atoms with E-state index in [1.165, 1.54) is 12.3 Å². The highest BCUT2D eigenvalue weighted by atomic mass is 32.2. The molecule has 28 heavy (non-hydrogen) atoms. The molecule has 0 spiro atoms. The maximum Gasteiger partial charge on any atom is 0.483 e. The molecule has 0 amide bonds. The Morgan fingerprint density at radius 3 is 2.57 bits per heavy atom. The zero-order valence-electron chi connectivity index (χ0n) is 13.5. The molecule has 146 valence electrons. The van der Waals surface area contributed by atoms with Crippen LogP contribution in [0, 0.1) is 16.1 Å². The number of hydrogen-bond acceptors (Lipinski definition) is 6. The van der Waals surface area contributed by atoms with Crippen LogP contribution in [0.3, 0.4) is 0 Å². The van der Waals surface area contributed by atoms with Crippen LogP contribution in [-0.2, 0) is 16.1 Å². The topological polar surface area (TPSA) is 104 Å². The van der Waals surface area contributed by atoms with Gasteiger partial charge in [0.05, 0.1) is 16.7 Å². The molecule has 6 nitrogen and oxygen atoms in total. The minimum absolute atomic E-state index is 0.0680. The van der Waals surface area contributed by atoms with E-state index in [0.717, 1.165) is 12.3 Å². The predicted molar refractivity (Wildman–Crippen MR) is 83.6 cm³/mol. The van der Waals surface area contributed by atoms with Gasteiger partial charge in [-0.05, 0) is 12.1 Å². The van der Waals surface area contributed by atoms with Crippen molar-refractivity contribution < 1.29 is 35.7 Å². The molecule has 1 heterocycles. The first-order valence-electron chi connectivity index (χ1n) is 7.35. The average molecular weight is 417 g/mol. The van der Waals surface area contributed by atoms with Gasteiger partial charge in [0.1, 0.15) is 17.6 Å². The quantitative estimate of drug-likeness (QED) is 0.759. The van der Waals surface area contributed by atoms with Crippen molar-refractivity contribution in [2.24, 2.45) is 0 Å². The Bertz CT molecular complexity index is 1140. The standard InChI is InChI=1S/C16H8F5N3O3S/c17-15(18)4-10-11(27-9-3-8(5-22)6-24-7-9)1-2-12(13(10)14(15)25)28(23,26)16(19,20)21/h1-3,6-7,23H,4H2. The summed E-state index contributed by atoms with van der Waals surface area (Å²) in [6.45, 7) is 0. The molecule has 0 radical (unpaired) electrons. The van der Waals surface area contributed by atoms with Gasteiger partial charge in [-0.1, -0.05) is 0 Å². The van der Waals surface area contributed by atoms with Crippen molar-refractivity contribution in [2.45, 2.75) is 22.7 Å². The van der Waals surface area contributed by atoms with Crippen LogP contribution < -0.4 is 4.74 Å². The number of Topliss-reactive ketones (excluding diaryl/α,β-unsaturated/α-hetero) is 1. The Morgan fingerprint density at radius 1 is 1.29 bits per heavy atom. The Labute approximate surface area is 154 Å². The fourth-order valence-corrected chi connectivity index (χ4v) is 3.65.